The van der Waals surface area contributed by atoms with Crippen molar-refractivity contribution in [2.75, 3.05) is 7.11 Å². The minimum Gasteiger partial charge on any atom is -0.495 e. The predicted molar refractivity (Wildman–Crippen MR) is 88.7 cm³/mol. The minimum absolute atomic E-state index is 0.0188. The molecule has 27 heavy (non-hydrogen) atoms. The Balaban J connectivity index is 1.48. The van der Waals surface area contributed by atoms with Crippen LogP contribution < -0.4 is 9.46 Å². The van der Waals surface area contributed by atoms with Crippen molar-refractivity contribution >= 4 is 10.0 Å². The van der Waals surface area contributed by atoms with Gasteiger partial charge in [-0.2, -0.15) is 4.98 Å². The van der Waals surface area contributed by atoms with Crippen LogP contribution in [0.15, 0.2) is 38.2 Å². The number of nitrogens with zero attached hydrogens (tertiary/aromatic N) is 3. The van der Waals surface area contributed by atoms with E-state index in [-0.39, 0.29) is 28.9 Å². The van der Waals surface area contributed by atoms with Crippen LogP contribution >= 0.6 is 0 Å². The molecular weight excluding hydrogens is 379 g/mol. The van der Waals surface area contributed by atoms with Crippen molar-refractivity contribution < 1.29 is 26.6 Å². The summed E-state index contributed by atoms with van der Waals surface area (Å²) in [6.45, 7) is -0.275. The largest absolute Gasteiger partial charge is 0.495 e. The van der Waals surface area contributed by atoms with Crippen molar-refractivity contribution in [1.29, 1.82) is 0 Å². The van der Waals surface area contributed by atoms with E-state index in [0.29, 0.717) is 11.6 Å². The number of aromatic nitrogens is 3. The normalized spacial score (nSPS) is 14.4. The minimum atomic E-state index is -4.05. The Bertz CT molecular complexity index is 1070. The molecule has 0 aliphatic heterocycles. The highest BCUT2D eigenvalue weighted by atomic mass is 32.2. The SMILES string of the molecule is COc1ccc(F)cc1S(=O)(=O)NCc1nc(-c2cc(C3CC3)on2)no1. The van der Waals surface area contributed by atoms with E-state index in [1.54, 1.807) is 6.07 Å². The molecule has 1 saturated carbocycles. The summed E-state index contributed by atoms with van der Waals surface area (Å²) in [6.07, 6.45) is 2.13. The van der Waals surface area contributed by atoms with E-state index in [1.165, 1.54) is 13.2 Å². The summed E-state index contributed by atoms with van der Waals surface area (Å²) >= 11 is 0. The van der Waals surface area contributed by atoms with Crippen molar-refractivity contribution in [2.24, 2.45) is 0 Å². The summed E-state index contributed by atoms with van der Waals surface area (Å²) in [6, 6.07) is 4.95. The summed E-state index contributed by atoms with van der Waals surface area (Å²) < 4.78 is 55.8. The van der Waals surface area contributed by atoms with Gasteiger partial charge in [0.25, 0.3) is 0 Å². The van der Waals surface area contributed by atoms with E-state index < -0.39 is 15.8 Å². The lowest BCUT2D eigenvalue weighted by molar-refractivity contribution is 0.372. The topological polar surface area (TPSA) is 120 Å². The first-order valence-electron chi connectivity index (χ1n) is 8.09. The van der Waals surface area contributed by atoms with Crippen molar-refractivity contribution in [3.05, 3.63) is 41.7 Å². The predicted octanol–water partition coefficient (Wildman–Crippen LogP) is 2.23. The van der Waals surface area contributed by atoms with Gasteiger partial charge in [0.1, 0.15) is 22.2 Å². The van der Waals surface area contributed by atoms with Crippen molar-refractivity contribution in [3.63, 3.8) is 0 Å². The zero-order valence-electron chi connectivity index (χ0n) is 14.2. The first-order valence-corrected chi connectivity index (χ1v) is 9.57. The van der Waals surface area contributed by atoms with Crippen LogP contribution in [0, 0.1) is 5.82 Å². The van der Waals surface area contributed by atoms with Crippen LogP contribution in [0.1, 0.15) is 30.4 Å². The van der Waals surface area contributed by atoms with Crippen LogP contribution in [0.5, 0.6) is 5.75 Å². The van der Waals surface area contributed by atoms with Crippen LogP contribution in [-0.4, -0.2) is 30.8 Å². The third-order valence-electron chi connectivity index (χ3n) is 4.03. The Morgan fingerprint density at radius 1 is 1.26 bits per heavy atom. The maximum atomic E-state index is 13.4. The number of halogens is 1. The molecule has 0 radical (unpaired) electrons. The first-order chi connectivity index (χ1) is 13.0. The van der Waals surface area contributed by atoms with E-state index in [2.05, 4.69) is 20.0 Å². The quantitative estimate of drug-likeness (QED) is 0.648. The molecule has 2 aromatic heterocycles. The summed E-state index contributed by atoms with van der Waals surface area (Å²) in [5.41, 5.74) is 0.418. The Labute approximate surface area is 153 Å². The summed E-state index contributed by atoms with van der Waals surface area (Å²) in [4.78, 5) is 3.77. The van der Waals surface area contributed by atoms with Crippen LogP contribution in [0.3, 0.4) is 0 Å². The Morgan fingerprint density at radius 3 is 2.81 bits per heavy atom. The zero-order chi connectivity index (χ0) is 19.0. The highest BCUT2D eigenvalue weighted by Gasteiger charge is 2.29. The molecule has 1 aliphatic carbocycles. The third-order valence-corrected chi connectivity index (χ3v) is 5.46. The van der Waals surface area contributed by atoms with E-state index in [0.717, 1.165) is 30.7 Å². The van der Waals surface area contributed by atoms with Crippen molar-refractivity contribution in [2.45, 2.75) is 30.2 Å². The van der Waals surface area contributed by atoms with Gasteiger partial charge in [-0.3, -0.25) is 0 Å². The highest BCUT2D eigenvalue weighted by Crippen LogP contribution is 2.40. The summed E-state index contributed by atoms with van der Waals surface area (Å²) in [7, 11) is -2.76. The fourth-order valence-electron chi connectivity index (χ4n) is 2.48. The van der Waals surface area contributed by atoms with Crippen molar-refractivity contribution in [1.82, 2.24) is 20.0 Å². The number of benzene rings is 1. The molecule has 0 saturated heterocycles. The molecular formula is C16H15FN4O5S. The van der Waals surface area contributed by atoms with E-state index in [9.17, 15) is 12.8 Å². The van der Waals surface area contributed by atoms with Gasteiger partial charge in [-0.1, -0.05) is 10.3 Å². The molecule has 11 heteroatoms. The number of nitrogens with one attached hydrogen (secondary N) is 1. The average Bonchev–Trinajstić information content (AvgIpc) is 3.19. The Kier molecular flexibility index (Phi) is 4.40. The molecule has 0 amide bonds. The molecule has 0 atom stereocenters. The molecule has 1 fully saturated rings. The molecule has 1 aromatic carbocycles. The average molecular weight is 394 g/mol. The van der Waals surface area contributed by atoms with Crippen LogP contribution in [0.25, 0.3) is 11.5 Å². The number of rotatable bonds is 7. The number of hydrogen-bond donors (Lipinski definition) is 1. The Hall–Kier alpha value is -2.79. The van der Waals surface area contributed by atoms with Gasteiger partial charge in [-0.05, 0) is 31.0 Å². The highest BCUT2D eigenvalue weighted by molar-refractivity contribution is 7.89. The molecule has 0 unspecified atom stereocenters. The lowest BCUT2D eigenvalue weighted by Gasteiger charge is -2.09. The van der Waals surface area contributed by atoms with Crippen LogP contribution in [-0.2, 0) is 16.6 Å². The maximum absolute atomic E-state index is 13.4. The smallest absolute Gasteiger partial charge is 0.244 e. The van der Waals surface area contributed by atoms with E-state index >= 15 is 0 Å². The maximum Gasteiger partial charge on any atom is 0.244 e. The third kappa shape index (κ3) is 3.69. The van der Waals surface area contributed by atoms with Gasteiger partial charge in [0.05, 0.1) is 13.7 Å². The first kappa shape index (κ1) is 17.6. The summed E-state index contributed by atoms with van der Waals surface area (Å²) in [5, 5.41) is 7.67. The van der Waals surface area contributed by atoms with Crippen molar-refractivity contribution in [3.8, 4) is 17.3 Å². The van der Waals surface area contributed by atoms with E-state index in [1.807, 2.05) is 0 Å². The van der Waals surface area contributed by atoms with Gasteiger partial charge in [0.15, 0.2) is 5.69 Å². The number of ether oxygens (including phenoxy) is 1. The fourth-order valence-corrected chi connectivity index (χ4v) is 3.63. The lowest BCUT2D eigenvalue weighted by Crippen LogP contribution is -2.24. The number of methoxy groups -OCH3 is 1. The molecule has 3 aromatic rings. The molecule has 0 bridgehead atoms. The zero-order valence-corrected chi connectivity index (χ0v) is 15.0. The van der Waals surface area contributed by atoms with Crippen LogP contribution in [0.4, 0.5) is 4.39 Å². The molecule has 9 nitrogen and oxygen atoms in total. The monoisotopic (exact) mass is 394 g/mol. The van der Waals surface area contributed by atoms with Gasteiger partial charge in [0, 0.05) is 12.0 Å². The van der Waals surface area contributed by atoms with Gasteiger partial charge in [-0.25, -0.2) is 17.5 Å². The van der Waals surface area contributed by atoms with E-state index in [4.69, 9.17) is 13.8 Å². The molecule has 142 valence electrons. The van der Waals surface area contributed by atoms with Gasteiger partial charge in [0.2, 0.25) is 21.7 Å². The molecule has 1 N–H and O–H groups in total. The van der Waals surface area contributed by atoms with Gasteiger partial charge in [-0.15, -0.1) is 0 Å². The number of sulfonamides is 1. The van der Waals surface area contributed by atoms with Crippen LogP contribution in [0.2, 0.25) is 0 Å². The second kappa shape index (κ2) is 6.74. The second-order valence-corrected chi connectivity index (χ2v) is 7.76. The Morgan fingerprint density at radius 2 is 2.07 bits per heavy atom. The lowest BCUT2D eigenvalue weighted by atomic mass is 10.3. The number of hydrogen-bond acceptors (Lipinski definition) is 8. The molecule has 4 rings (SSSR count). The fraction of sp³-hybridized carbons (Fsp3) is 0.312. The van der Waals surface area contributed by atoms with Gasteiger partial charge < -0.3 is 13.8 Å². The molecule has 0 spiro atoms. The standard InChI is InChI=1S/C16H15FN4O5S/c1-24-12-5-4-10(17)6-14(12)27(22,23)18-8-15-19-16(21-26-15)11-7-13(25-20-11)9-2-3-9/h4-7,9,18H,2-3,8H2,1H3. The molecule has 1 aliphatic rings. The summed E-state index contributed by atoms with van der Waals surface area (Å²) in [5.74, 6) is 0.711. The molecule has 2 heterocycles. The van der Waals surface area contributed by atoms with Gasteiger partial charge >= 0.3 is 0 Å². The second-order valence-electron chi connectivity index (χ2n) is 6.02.